The van der Waals surface area contributed by atoms with E-state index in [0.29, 0.717) is 17.9 Å². The van der Waals surface area contributed by atoms with Gasteiger partial charge in [-0.2, -0.15) is 0 Å². The second kappa shape index (κ2) is 8.26. The number of carbonyl (C=O) groups excluding carboxylic acids is 1. The first-order valence-electron chi connectivity index (χ1n) is 7.77. The van der Waals surface area contributed by atoms with Gasteiger partial charge in [0.15, 0.2) is 0 Å². The Morgan fingerprint density at radius 2 is 1.88 bits per heavy atom. The van der Waals surface area contributed by atoms with E-state index in [1.807, 2.05) is 32.0 Å². The summed E-state index contributed by atoms with van der Waals surface area (Å²) in [5.41, 5.74) is 2.26. The summed E-state index contributed by atoms with van der Waals surface area (Å²) in [6, 6.07) is 13.9. The first-order chi connectivity index (χ1) is 11.5. The third kappa shape index (κ3) is 5.21. The summed E-state index contributed by atoms with van der Waals surface area (Å²) in [5, 5.41) is 12.0. The van der Waals surface area contributed by atoms with Crippen molar-refractivity contribution in [3.63, 3.8) is 0 Å². The monoisotopic (exact) mass is 327 g/mol. The maximum absolute atomic E-state index is 12.2. The minimum atomic E-state index is -1.04. The van der Waals surface area contributed by atoms with Crippen molar-refractivity contribution in [3.05, 3.63) is 65.2 Å². The third-order valence-electron chi connectivity index (χ3n) is 3.39. The molecule has 0 fully saturated rings. The molecule has 5 nitrogen and oxygen atoms in total. The molecule has 0 bridgehead atoms. The molecule has 0 unspecified atom stereocenters. The van der Waals surface area contributed by atoms with Gasteiger partial charge in [0.25, 0.3) is 0 Å². The molecule has 2 aromatic carbocycles. The summed E-state index contributed by atoms with van der Waals surface area (Å²) in [6.45, 7) is 4.40. The molecule has 1 amide bonds. The van der Waals surface area contributed by atoms with Gasteiger partial charge in [-0.1, -0.05) is 30.3 Å². The van der Waals surface area contributed by atoms with Crippen LogP contribution < -0.4 is 5.32 Å². The molecule has 2 rings (SSSR count). The molecule has 0 aliphatic heterocycles. The Kier molecular flexibility index (Phi) is 6.09. The van der Waals surface area contributed by atoms with E-state index in [0.717, 1.165) is 5.56 Å². The van der Waals surface area contributed by atoms with Gasteiger partial charge in [0.05, 0.1) is 24.7 Å². The maximum atomic E-state index is 12.2. The van der Waals surface area contributed by atoms with E-state index in [1.54, 1.807) is 24.3 Å². The Morgan fingerprint density at radius 1 is 1.12 bits per heavy atom. The van der Waals surface area contributed by atoms with Crippen molar-refractivity contribution in [3.8, 4) is 0 Å². The Bertz CT molecular complexity index is 725. The predicted octanol–water partition coefficient (Wildman–Crippen LogP) is 3.49. The molecule has 0 spiro atoms. The molecule has 0 saturated carbocycles. The lowest BCUT2D eigenvalue weighted by molar-refractivity contribution is -0.115. The van der Waals surface area contributed by atoms with Gasteiger partial charge in [0, 0.05) is 5.69 Å². The second-order valence-corrected chi connectivity index (χ2v) is 5.75. The van der Waals surface area contributed by atoms with Crippen LogP contribution in [0.2, 0.25) is 0 Å². The number of aromatic carboxylic acids is 1. The second-order valence-electron chi connectivity index (χ2n) is 5.75. The van der Waals surface area contributed by atoms with Gasteiger partial charge in [-0.15, -0.1) is 0 Å². The average Bonchev–Trinajstić information content (AvgIpc) is 2.53. The van der Waals surface area contributed by atoms with Crippen LogP contribution in [0, 0.1) is 0 Å². The highest BCUT2D eigenvalue weighted by molar-refractivity contribution is 5.96. The quantitative estimate of drug-likeness (QED) is 0.816. The van der Waals surface area contributed by atoms with E-state index in [4.69, 9.17) is 9.84 Å². The number of anilines is 1. The minimum absolute atomic E-state index is 0.00912. The highest BCUT2D eigenvalue weighted by Crippen LogP contribution is 2.14. The third-order valence-corrected chi connectivity index (χ3v) is 3.39. The number of hydrogen-bond acceptors (Lipinski definition) is 3. The number of carboxylic acids is 1. The van der Waals surface area contributed by atoms with Crippen molar-refractivity contribution < 1.29 is 19.4 Å². The molecule has 24 heavy (non-hydrogen) atoms. The van der Waals surface area contributed by atoms with E-state index in [-0.39, 0.29) is 24.0 Å². The van der Waals surface area contributed by atoms with Crippen LogP contribution in [0.25, 0.3) is 0 Å². The van der Waals surface area contributed by atoms with Crippen molar-refractivity contribution >= 4 is 17.6 Å². The fourth-order valence-corrected chi connectivity index (χ4v) is 2.26. The maximum Gasteiger partial charge on any atom is 0.335 e. The van der Waals surface area contributed by atoms with Crippen molar-refractivity contribution in [1.82, 2.24) is 0 Å². The number of ether oxygens (including phenoxy) is 1. The Balaban J connectivity index is 2.03. The molecule has 0 aromatic heterocycles. The van der Waals surface area contributed by atoms with E-state index in [2.05, 4.69) is 5.32 Å². The fourth-order valence-electron chi connectivity index (χ4n) is 2.26. The number of rotatable bonds is 7. The number of nitrogens with one attached hydrogen (secondary N) is 1. The number of carbonyl (C=O) groups is 2. The zero-order valence-electron chi connectivity index (χ0n) is 13.8. The van der Waals surface area contributed by atoms with Gasteiger partial charge < -0.3 is 15.2 Å². The fraction of sp³-hybridized carbons (Fsp3) is 0.263. The summed E-state index contributed by atoms with van der Waals surface area (Å²) in [4.78, 5) is 23.4. The van der Waals surface area contributed by atoms with Crippen molar-refractivity contribution in [2.24, 2.45) is 0 Å². The summed E-state index contributed by atoms with van der Waals surface area (Å²) >= 11 is 0. The number of benzene rings is 2. The summed E-state index contributed by atoms with van der Waals surface area (Å²) < 4.78 is 5.55. The molecule has 5 heteroatoms. The average molecular weight is 327 g/mol. The predicted molar refractivity (Wildman–Crippen MR) is 92.1 cm³/mol. The molecule has 0 saturated heterocycles. The summed E-state index contributed by atoms with van der Waals surface area (Å²) in [6.07, 6.45) is 0.144. The molecule has 0 radical (unpaired) electrons. The van der Waals surface area contributed by atoms with Crippen molar-refractivity contribution in [2.45, 2.75) is 33.0 Å². The van der Waals surface area contributed by atoms with Gasteiger partial charge >= 0.3 is 5.97 Å². The van der Waals surface area contributed by atoms with Gasteiger partial charge in [-0.25, -0.2) is 4.79 Å². The van der Waals surface area contributed by atoms with Crippen LogP contribution in [0.15, 0.2) is 48.5 Å². The highest BCUT2D eigenvalue weighted by atomic mass is 16.5. The summed E-state index contributed by atoms with van der Waals surface area (Å²) in [7, 11) is 0. The van der Waals surface area contributed by atoms with Crippen LogP contribution >= 0.6 is 0 Å². The lowest BCUT2D eigenvalue weighted by Gasteiger charge is -2.10. The normalized spacial score (nSPS) is 10.6. The minimum Gasteiger partial charge on any atom is -0.478 e. The SMILES string of the molecule is CC(C)OCc1cccc(NC(=O)Cc2ccccc2C(=O)O)c1. The van der Waals surface area contributed by atoms with Crippen molar-refractivity contribution in [1.29, 1.82) is 0 Å². The molecule has 0 aliphatic carbocycles. The largest absolute Gasteiger partial charge is 0.478 e. The standard InChI is InChI=1S/C19H21NO4/c1-13(2)24-12-14-6-5-8-16(10-14)20-18(21)11-15-7-3-4-9-17(15)19(22)23/h3-10,13H,11-12H2,1-2H3,(H,20,21)(H,22,23). The van der Waals surface area contributed by atoms with E-state index < -0.39 is 5.97 Å². The van der Waals surface area contributed by atoms with Crippen LogP contribution in [0.1, 0.15) is 35.3 Å². The zero-order chi connectivity index (χ0) is 17.5. The lowest BCUT2D eigenvalue weighted by atomic mass is 10.0. The van der Waals surface area contributed by atoms with E-state index in [9.17, 15) is 9.59 Å². The molecule has 0 atom stereocenters. The molecule has 0 aliphatic rings. The van der Waals surface area contributed by atoms with Crippen LogP contribution in [0.4, 0.5) is 5.69 Å². The van der Waals surface area contributed by atoms with Gasteiger partial charge in [0.2, 0.25) is 5.91 Å². The van der Waals surface area contributed by atoms with Crippen LogP contribution in [0.5, 0.6) is 0 Å². The Labute approximate surface area is 141 Å². The molecule has 0 heterocycles. The zero-order valence-corrected chi connectivity index (χ0v) is 13.8. The lowest BCUT2D eigenvalue weighted by Crippen LogP contribution is -2.16. The molecular weight excluding hydrogens is 306 g/mol. The molecule has 126 valence electrons. The Hall–Kier alpha value is -2.66. The topological polar surface area (TPSA) is 75.6 Å². The van der Waals surface area contributed by atoms with E-state index >= 15 is 0 Å². The van der Waals surface area contributed by atoms with Crippen LogP contribution in [-0.2, 0) is 22.6 Å². The van der Waals surface area contributed by atoms with Crippen LogP contribution in [0.3, 0.4) is 0 Å². The first-order valence-corrected chi connectivity index (χ1v) is 7.77. The van der Waals surface area contributed by atoms with Crippen LogP contribution in [-0.4, -0.2) is 23.1 Å². The smallest absolute Gasteiger partial charge is 0.335 e. The number of carboxylic acid groups (broad SMARTS) is 1. The van der Waals surface area contributed by atoms with Gasteiger partial charge in [0.1, 0.15) is 0 Å². The Morgan fingerprint density at radius 3 is 2.58 bits per heavy atom. The number of hydrogen-bond donors (Lipinski definition) is 2. The van der Waals surface area contributed by atoms with Crippen molar-refractivity contribution in [2.75, 3.05) is 5.32 Å². The van der Waals surface area contributed by atoms with Gasteiger partial charge in [-0.05, 0) is 43.2 Å². The molecular formula is C19H21NO4. The van der Waals surface area contributed by atoms with E-state index in [1.165, 1.54) is 6.07 Å². The highest BCUT2D eigenvalue weighted by Gasteiger charge is 2.12. The molecule has 2 N–H and O–H groups in total. The molecule has 2 aromatic rings. The van der Waals surface area contributed by atoms with Gasteiger partial charge in [-0.3, -0.25) is 4.79 Å². The number of amides is 1. The first kappa shape index (κ1) is 17.7. The summed E-state index contributed by atoms with van der Waals surface area (Å²) in [5.74, 6) is -1.29.